The predicted octanol–water partition coefficient (Wildman–Crippen LogP) is 1.99. The number of rotatable bonds is 4. The van der Waals surface area contributed by atoms with Gasteiger partial charge < -0.3 is 9.75 Å². The van der Waals surface area contributed by atoms with E-state index in [0.29, 0.717) is 0 Å². The van der Waals surface area contributed by atoms with E-state index >= 15 is 0 Å². The van der Waals surface area contributed by atoms with Gasteiger partial charge in [-0.2, -0.15) is 10.2 Å². The molecule has 100 valence electrons. The molecule has 0 fully saturated rings. The van der Waals surface area contributed by atoms with Crippen molar-refractivity contribution in [1.29, 1.82) is 0 Å². The summed E-state index contributed by atoms with van der Waals surface area (Å²) in [5.74, 6) is 0.836. The molecule has 5 heteroatoms. The molecule has 0 saturated carbocycles. The van der Waals surface area contributed by atoms with Gasteiger partial charge in [-0.25, -0.2) is 0 Å². The van der Waals surface area contributed by atoms with Crippen molar-refractivity contribution < 1.29 is 4.74 Å². The van der Waals surface area contributed by atoms with Gasteiger partial charge in [0.2, 0.25) is 0 Å². The third-order valence-corrected chi connectivity index (χ3v) is 2.65. The number of aromatic nitrogens is 2. The summed E-state index contributed by atoms with van der Waals surface area (Å²) in [4.78, 5) is 0. The number of hydrazone groups is 1. The Bertz CT molecular complexity index is 570. The van der Waals surface area contributed by atoms with Crippen LogP contribution in [0.5, 0.6) is 5.75 Å². The van der Waals surface area contributed by atoms with Crippen molar-refractivity contribution >= 4 is 6.21 Å². The Hall–Kier alpha value is -2.30. The summed E-state index contributed by atoms with van der Waals surface area (Å²) in [6.45, 7) is 0. The number of benzene rings is 1. The molecule has 0 aliphatic rings. The molecule has 1 heterocycles. The summed E-state index contributed by atoms with van der Waals surface area (Å²) < 4.78 is 6.95. The maximum Gasteiger partial charge on any atom is 0.118 e. The molecule has 0 spiro atoms. The van der Waals surface area contributed by atoms with Crippen LogP contribution in [0.15, 0.2) is 35.6 Å². The Morgan fingerprint density at radius 2 is 1.95 bits per heavy atom. The Balaban J connectivity index is 2.37. The fraction of sp³-hybridized carbons (Fsp3) is 0.286. The third kappa shape index (κ3) is 3.13. The minimum atomic E-state index is 0.836. The second-order valence-corrected chi connectivity index (χ2v) is 4.43. The lowest BCUT2D eigenvalue weighted by molar-refractivity contribution is 0.415. The monoisotopic (exact) mass is 258 g/mol. The first kappa shape index (κ1) is 13.1. The van der Waals surface area contributed by atoms with Crippen molar-refractivity contribution in [2.24, 2.45) is 12.1 Å². The van der Waals surface area contributed by atoms with Gasteiger partial charge in [-0.15, -0.1) is 0 Å². The molecule has 1 aromatic heterocycles. The van der Waals surface area contributed by atoms with Gasteiger partial charge in [-0.3, -0.25) is 4.68 Å². The quantitative estimate of drug-likeness (QED) is 0.622. The van der Waals surface area contributed by atoms with E-state index in [1.165, 1.54) is 0 Å². The van der Waals surface area contributed by atoms with Crippen LogP contribution in [0.4, 0.5) is 0 Å². The van der Waals surface area contributed by atoms with E-state index in [9.17, 15) is 0 Å². The minimum Gasteiger partial charge on any atom is -0.497 e. The average Bonchev–Trinajstić information content (AvgIpc) is 2.78. The second kappa shape index (κ2) is 5.56. The lowest BCUT2D eigenvalue weighted by atomic mass is 10.1. The van der Waals surface area contributed by atoms with Crippen LogP contribution < -0.4 is 4.74 Å². The number of hydrogen-bond acceptors (Lipinski definition) is 4. The smallest absolute Gasteiger partial charge is 0.118 e. The number of methoxy groups -OCH3 is 1. The zero-order chi connectivity index (χ0) is 13.8. The maximum absolute atomic E-state index is 5.16. The highest BCUT2D eigenvalue weighted by molar-refractivity contribution is 5.88. The lowest BCUT2D eigenvalue weighted by Crippen LogP contribution is -2.02. The largest absolute Gasteiger partial charge is 0.497 e. The van der Waals surface area contributed by atoms with Crippen LogP contribution in [-0.4, -0.2) is 42.2 Å². The van der Waals surface area contributed by atoms with Crippen molar-refractivity contribution in [3.05, 3.63) is 36.0 Å². The summed E-state index contributed by atoms with van der Waals surface area (Å²) in [5, 5.41) is 10.5. The molecular formula is C14H18N4O. The van der Waals surface area contributed by atoms with Crippen LogP contribution >= 0.6 is 0 Å². The van der Waals surface area contributed by atoms with Crippen LogP contribution in [0.25, 0.3) is 11.3 Å². The standard InChI is InChI=1S/C14H18N4O/c1-17(2)15-9-12-10-18(3)16-14(12)11-5-7-13(19-4)8-6-11/h5-10H,1-4H3/b15-9+. The normalized spacial score (nSPS) is 10.9. The van der Waals surface area contributed by atoms with Gasteiger partial charge in [0.05, 0.1) is 13.3 Å². The van der Waals surface area contributed by atoms with Gasteiger partial charge in [0.1, 0.15) is 11.4 Å². The molecule has 1 aromatic carbocycles. The van der Waals surface area contributed by atoms with E-state index in [4.69, 9.17) is 4.74 Å². The molecule has 0 radical (unpaired) electrons. The summed E-state index contributed by atoms with van der Waals surface area (Å²) in [5.41, 5.74) is 2.94. The van der Waals surface area contributed by atoms with Gasteiger partial charge in [0, 0.05) is 38.5 Å². The van der Waals surface area contributed by atoms with Crippen molar-refractivity contribution in [3.8, 4) is 17.0 Å². The number of hydrogen-bond donors (Lipinski definition) is 0. The van der Waals surface area contributed by atoms with Crippen molar-refractivity contribution in [2.45, 2.75) is 0 Å². The molecule has 0 unspecified atom stereocenters. The molecule has 0 aliphatic carbocycles. The Morgan fingerprint density at radius 3 is 2.53 bits per heavy atom. The molecule has 0 bridgehead atoms. The molecule has 0 atom stereocenters. The van der Waals surface area contributed by atoms with Crippen LogP contribution in [-0.2, 0) is 7.05 Å². The van der Waals surface area contributed by atoms with Gasteiger partial charge in [-0.1, -0.05) is 0 Å². The number of nitrogens with zero attached hydrogens (tertiary/aromatic N) is 4. The van der Waals surface area contributed by atoms with E-state index < -0.39 is 0 Å². The van der Waals surface area contributed by atoms with Crippen LogP contribution in [0.2, 0.25) is 0 Å². The summed E-state index contributed by atoms with van der Waals surface area (Å²) in [7, 11) is 7.34. The minimum absolute atomic E-state index is 0.836. The van der Waals surface area contributed by atoms with E-state index in [2.05, 4.69) is 10.2 Å². The zero-order valence-electron chi connectivity index (χ0n) is 11.7. The fourth-order valence-corrected chi connectivity index (χ4v) is 1.75. The van der Waals surface area contributed by atoms with Crippen molar-refractivity contribution in [3.63, 3.8) is 0 Å². The highest BCUT2D eigenvalue weighted by Gasteiger charge is 2.08. The molecule has 0 amide bonds. The van der Waals surface area contributed by atoms with Crippen LogP contribution in [0.1, 0.15) is 5.56 Å². The van der Waals surface area contributed by atoms with E-state index in [1.54, 1.807) is 16.8 Å². The maximum atomic E-state index is 5.16. The summed E-state index contributed by atoms with van der Waals surface area (Å²) >= 11 is 0. The van der Waals surface area contributed by atoms with E-state index in [-0.39, 0.29) is 0 Å². The Kier molecular flexibility index (Phi) is 3.85. The summed E-state index contributed by atoms with van der Waals surface area (Å²) in [6, 6.07) is 7.84. The predicted molar refractivity (Wildman–Crippen MR) is 76.5 cm³/mol. The van der Waals surface area contributed by atoms with Crippen LogP contribution in [0.3, 0.4) is 0 Å². The molecule has 2 rings (SSSR count). The second-order valence-electron chi connectivity index (χ2n) is 4.43. The van der Waals surface area contributed by atoms with Crippen LogP contribution in [0, 0.1) is 0 Å². The highest BCUT2D eigenvalue weighted by Crippen LogP contribution is 2.23. The van der Waals surface area contributed by atoms with Crippen molar-refractivity contribution in [1.82, 2.24) is 14.8 Å². The summed E-state index contributed by atoms with van der Waals surface area (Å²) in [6.07, 6.45) is 3.76. The highest BCUT2D eigenvalue weighted by atomic mass is 16.5. The first-order valence-electron chi connectivity index (χ1n) is 5.99. The molecule has 19 heavy (non-hydrogen) atoms. The van der Waals surface area contributed by atoms with Gasteiger partial charge >= 0.3 is 0 Å². The SMILES string of the molecule is COc1ccc(-c2nn(C)cc2/C=N/N(C)C)cc1. The average molecular weight is 258 g/mol. The number of aryl methyl sites for hydroxylation is 1. The van der Waals surface area contributed by atoms with E-state index in [1.807, 2.05) is 57.8 Å². The molecule has 0 saturated heterocycles. The molecular weight excluding hydrogens is 240 g/mol. The first-order chi connectivity index (χ1) is 9.10. The van der Waals surface area contributed by atoms with Gasteiger partial charge in [-0.05, 0) is 24.3 Å². The zero-order valence-corrected chi connectivity index (χ0v) is 11.7. The van der Waals surface area contributed by atoms with Gasteiger partial charge in [0.15, 0.2) is 0 Å². The molecule has 0 N–H and O–H groups in total. The Morgan fingerprint density at radius 1 is 1.26 bits per heavy atom. The fourth-order valence-electron chi connectivity index (χ4n) is 1.75. The van der Waals surface area contributed by atoms with Gasteiger partial charge in [0.25, 0.3) is 0 Å². The Labute approximate surface area is 113 Å². The number of ether oxygens (including phenoxy) is 1. The topological polar surface area (TPSA) is 42.6 Å². The lowest BCUT2D eigenvalue weighted by Gasteiger charge is -2.03. The third-order valence-electron chi connectivity index (χ3n) is 2.65. The van der Waals surface area contributed by atoms with E-state index in [0.717, 1.165) is 22.6 Å². The molecule has 2 aromatic rings. The first-order valence-corrected chi connectivity index (χ1v) is 5.99. The molecule has 5 nitrogen and oxygen atoms in total. The van der Waals surface area contributed by atoms with Crippen molar-refractivity contribution in [2.75, 3.05) is 21.2 Å². The molecule has 0 aliphatic heterocycles.